The van der Waals surface area contributed by atoms with Crippen LogP contribution in [0.15, 0.2) is 18.2 Å². The maximum Gasteiger partial charge on any atom is 0.313 e. The van der Waals surface area contributed by atoms with Gasteiger partial charge in [-0.3, -0.25) is 14.5 Å². The number of sulfonamides is 1. The van der Waals surface area contributed by atoms with E-state index in [1.54, 1.807) is 13.0 Å². The average Bonchev–Trinajstić information content (AvgIpc) is 3.15. The maximum absolute atomic E-state index is 13.8. The summed E-state index contributed by atoms with van der Waals surface area (Å²) in [5, 5.41) is -1.14. The third kappa shape index (κ3) is 2.68. The van der Waals surface area contributed by atoms with Crippen LogP contribution in [-0.2, 0) is 26.0 Å². The summed E-state index contributed by atoms with van der Waals surface area (Å²) in [7, 11) is -3.89. The summed E-state index contributed by atoms with van der Waals surface area (Å²) in [4.78, 5) is 12.0. The molecule has 126 valence electrons. The van der Waals surface area contributed by atoms with Gasteiger partial charge in [-0.15, -0.1) is 0 Å². The van der Waals surface area contributed by atoms with Crippen LogP contribution in [0.4, 0.5) is 10.1 Å². The summed E-state index contributed by atoms with van der Waals surface area (Å²) in [5.74, 6) is -1.84. The topological polar surface area (TPSA) is 87.7 Å². The van der Waals surface area contributed by atoms with Crippen LogP contribution >= 0.6 is 0 Å². The lowest BCUT2D eigenvalue weighted by molar-refractivity contribution is -0.147. The molecule has 0 bridgehead atoms. The van der Waals surface area contributed by atoms with Gasteiger partial charge in [-0.25, -0.2) is 18.2 Å². The van der Waals surface area contributed by atoms with Crippen molar-refractivity contribution in [3.63, 3.8) is 0 Å². The van der Waals surface area contributed by atoms with Gasteiger partial charge in [-0.05, 0) is 25.5 Å². The highest BCUT2D eigenvalue weighted by molar-refractivity contribution is 7.93. The molecule has 23 heavy (non-hydrogen) atoms. The SMILES string of the molecule is CCOC(=O)C1CNNC1S(=O)(=O)N1CCc2c(F)cccc21. The van der Waals surface area contributed by atoms with E-state index < -0.39 is 33.1 Å². The number of nitrogens with one attached hydrogen (secondary N) is 2. The van der Waals surface area contributed by atoms with Gasteiger partial charge < -0.3 is 4.74 Å². The van der Waals surface area contributed by atoms with E-state index in [1.807, 2.05) is 0 Å². The van der Waals surface area contributed by atoms with Crippen LogP contribution in [0, 0.1) is 11.7 Å². The van der Waals surface area contributed by atoms with Crippen molar-refractivity contribution in [3.8, 4) is 0 Å². The molecule has 7 nitrogen and oxygen atoms in total. The van der Waals surface area contributed by atoms with Gasteiger partial charge in [0.05, 0.1) is 12.3 Å². The molecule has 2 heterocycles. The lowest BCUT2D eigenvalue weighted by atomic mass is 10.1. The van der Waals surface area contributed by atoms with E-state index in [2.05, 4.69) is 10.9 Å². The first-order valence-electron chi connectivity index (χ1n) is 7.40. The van der Waals surface area contributed by atoms with Crippen molar-refractivity contribution in [2.24, 2.45) is 5.92 Å². The van der Waals surface area contributed by atoms with Crippen molar-refractivity contribution in [2.45, 2.75) is 18.7 Å². The minimum absolute atomic E-state index is 0.159. The van der Waals surface area contributed by atoms with Crippen molar-refractivity contribution in [3.05, 3.63) is 29.6 Å². The first-order valence-corrected chi connectivity index (χ1v) is 8.91. The Kier molecular flexibility index (Phi) is 4.26. The molecule has 2 unspecified atom stereocenters. The summed E-state index contributed by atoms with van der Waals surface area (Å²) < 4.78 is 45.8. The molecule has 0 radical (unpaired) electrons. The number of hydrogen-bond donors (Lipinski definition) is 2. The number of hydrogen-bond acceptors (Lipinski definition) is 6. The van der Waals surface area contributed by atoms with E-state index in [9.17, 15) is 17.6 Å². The second kappa shape index (κ2) is 6.06. The Morgan fingerprint density at radius 3 is 3.00 bits per heavy atom. The molecule has 2 N–H and O–H groups in total. The van der Waals surface area contributed by atoms with Crippen molar-refractivity contribution >= 4 is 21.7 Å². The number of halogens is 1. The molecule has 1 aromatic carbocycles. The molecule has 1 fully saturated rings. The second-order valence-corrected chi connectivity index (χ2v) is 7.39. The molecule has 2 atom stereocenters. The highest BCUT2D eigenvalue weighted by Crippen LogP contribution is 2.34. The van der Waals surface area contributed by atoms with Crippen LogP contribution in [0.2, 0.25) is 0 Å². The highest BCUT2D eigenvalue weighted by Gasteiger charge is 2.46. The minimum atomic E-state index is -3.89. The number of carbonyl (C=O) groups is 1. The van der Waals surface area contributed by atoms with Crippen LogP contribution in [0.25, 0.3) is 0 Å². The van der Waals surface area contributed by atoms with Crippen molar-refractivity contribution in [1.29, 1.82) is 0 Å². The fourth-order valence-corrected chi connectivity index (χ4v) is 4.90. The third-order valence-corrected chi connectivity index (χ3v) is 6.16. The molecule has 1 saturated heterocycles. The molecule has 0 saturated carbocycles. The second-order valence-electron chi connectivity index (χ2n) is 5.41. The Balaban J connectivity index is 1.91. The van der Waals surface area contributed by atoms with Crippen LogP contribution in [-0.4, -0.2) is 39.5 Å². The van der Waals surface area contributed by atoms with Gasteiger partial charge in [0.2, 0.25) is 0 Å². The van der Waals surface area contributed by atoms with Crippen molar-refractivity contribution in [2.75, 3.05) is 24.0 Å². The Bertz CT molecular complexity index is 725. The van der Waals surface area contributed by atoms with Gasteiger partial charge in [0.1, 0.15) is 11.7 Å². The molecule has 0 amide bonds. The van der Waals surface area contributed by atoms with Gasteiger partial charge >= 0.3 is 5.97 Å². The van der Waals surface area contributed by atoms with E-state index in [0.29, 0.717) is 17.7 Å². The van der Waals surface area contributed by atoms with Crippen LogP contribution in [0.5, 0.6) is 0 Å². The largest absolute Gasteiger partial charge is 0.466 e. The number of anilines is 1. The molecule has 0 spiro atoms. The molecule has 2 aliphatic rings. The summed E-state index contributed by atoms with van der Waals surface area (Å²) in [5.41, 5.74) is 6.05. The van der Waals surface area contributed by atoms with Gasteiger partial charge in [0.15, 0.2) is 5.37 Å². The number of carbonyl (C=O) groups excluding carboxylic acids is 1. The smallest absolute Gasteiger partial charge is 0.313 e. The molecule has 2 aliphatic heterocycles. The zero-order valence-corrected chi connectivity index (χ0v) is 13.4. The van der Waals surface area contributed by atoms with Gasteiger partial charge in [-0.1, -0.05) is 6.07 Å². The third-order valence-electron chi connectivity index (χ3n) is 4.08. The monoisotopic (exact) mass is 343 g/mol. The quantitative estimate of drug-likeness (QED) is 0.756. The predicted octanol–water partition coefficient (Wildman–Crippen LogP) is 0.131. The fourth-order valence-electron chi connectivity index (χ4n) is 2.98. The molecule has 1 aromatic rings. The van der Waals surface area contributed by atoms with E-state index in [0.717, 1.165) is 0 Å². The first-order chi connectivity index (χ1) is 11.0. The number of ether oxygens (including phenoxy) is 1. The van der Waals surface area contributed by atoms with Crippen molar-refractivity contribution < 1.29 is 22.3 Å². The highest BCUT2D eigenvalue weighted by atomic mass is 32.2. The normalized spacial score (nSPS) is 23.8. The van der Waals surface area contributed by atoms with E-state index in [1.165, 1.54) is 16.4 Å². The molecule has 9 heteroatoms. The summed E-state index contributed by atoms with van der Waals surface area (Å²) in [6.07, 6.45) is 0.311. The predicted molar refractivity (Wildman–Crippen MR) is 81.4 cm³/mol. The summed E-state index contributed by atoms with van der Waals surface area (Å²) in [6, 6.07) is 4.36. The van der Waals surface area contributed by atoms with Gasteiger partial charge in [-0.2, -0.15) is 0 Å². The Hall–Kier alpha value is -1.71. The first kappa shape index (κ1) is 16.2. The van der Waals surface area contributed by atoms with E-state index in [-0.39, 0.29) is 19.7 Å². The average molecular weight is 343 g/mol. The number of benzene rings is 1. The van der Waals surface area contributed by atoms with Crippen LogP contribution in [0.1, 0.15) is 12.5 Å². The molecular formula is C14H18FN3O4S. The Morgan fingerprint density at radius 2 is 2.26 bits per heavy atom. The van der Waals surface area contributed by atoms with Crippen LogP contribution < -0.4 is 15.2 Å². The minimum Gasteiger partial charge on any atom is -0.466 e. The summed E-state index contributed by atoms with van der Waals surface area (Å²) in [6.45, 7) is 2.16. The fraction of sp³-hybridized carbons (Fsp3) is 0.500. The lowest BCUT2D eigenvalue weighted by Gasteiger charge is -2.25. The standard InChI is InChI=1S/C14H18FN3O4S/c1-2-22-14(19)10-8-16-17-13(10)23(20,21)18-7-6-9-11(15)4-3-5-12(9)18/h3-5,10,13,16-17H,2,6-8H2,1H3. The molecule has 3 rings (SSSR count). The lowest BCUT2D eigenvalue weighted by Crippen LogP contribution is -2.48. The van der Waals surface area contributed by atoms with Crippen molar-refractivity contribution in [1.82, 2.24) is 10.9 Å². The molecule has 0 aromatic heterocycles. The number of hydrazine groups is 1. The van der Waals surface area contributed by atoms with Gasteiger partial charge in [0.25, 0.3) is 10.0 Å². The van der Waals surface area contributed by atoms with E-state index >= 15 is 0 Å². The number of nitrogens with zero attached hydrogens (tertiary/aromatic N) is 1. The van der Waals surface area contributed by atoms with Gasteiger partial charge in [0, 0.05) is 18.7 Å². The maximum atomic E-state index is 13.8. The number of fused-ring (bicyclic) bond motifs is 1. The summed E-state index contributed by atoms with van der Waals surface area (Å²) >= 11 is 0. The van der Waals surface area contributed by atoms with Crippen LogP contribution in [0.3, 0.4) is 0 Å². The Morgan fingerprint density at radius 1 is 1.48 bits per heavy atom. The zero-order valence-electron chi connectivity index (χ0n) is 12.6. The Labute approximate surface area is 133 Å². The molecule has 0 aliphatic carbocycles. The zero-order chi connectivity index (χ0) is 16.6. The number of esters is 1. The molecular weight excluding hydrogens is 325 g/mol. The van der Waals surface area contributed by atoms with E-state index in [4.69, 9.17) is 4.74 Å². The number of rotatable bonds is 4.